The number of pyridine rings is 1. The van der Waals surface area contributed by atoms with Gasteiger partial charge in [0, 0.05) is 50.1 Å². The van der Waals surface area contributed by atoms with Crippen molar-refractivity contribution in [2.24, 2.45) is 7.05 Å². The minimum Gasteiger partial charge on any atom is -0.381 e. The number of hydrogen-bond acceptors (Lipinski definition) is 5. The first-order valence-electron chi connectivity index (χ1n) is 9.53. The van der Waals surface area contributed by atoms with Gasteiger partial charge in [0.15, 0.2) is 0 Å². The fourth-order valence-electron chi connectivity index (χ4n) is 4.21. The Morgan fingerprint density at radius 3 is 2.72 bits per heavy atom. The molecule has 1 saturated carbocycles. The third-order valence-corrected chi connectivity index (χ3v) is 5.86. The van der Waals surface area contributed by atoms with Crippen molar-refractivity contribution < 1.29 is 4.74 Å². The summed E-state index contributed by atoms with van der Waals surface area (Å²) >= 11 is 0. The van der Waals surface area contributed by atoms with Crippen LogP contribution >= 0.6 is 0 Å². The van der Waals surface area contributed by atoms with E-state index in [-0.39, 0.29) is 11.6 Å². The molecule has 8 nitrogen and oxygen atoms in total. The lowest BCUT2D eigenvalue weighted by atomic mass is 9.72. The van der Waals surface area contributed by atoms with E-state index in [0.29, 0.717) is 6.42 Å². The van der Waals surface area contributed by atoms with E-state index in [0.717, 1.165) is 40.9 Å². The van der Waals surface area contributed by atoms with Crippen molar-refractivity contribution in [3.8, 4) is 28.5 Å². The number of methoxy groups -OCH3 is 1. The van der Waals surface area contributed by atoms with Crippen molar-refractivity contribution >= 4 is 5.65 Å². The van der Waals surface area contributed by atoms with E-state index < -0.39 is 0 Å². The van der Waals surface area contributed by atoms with Gasteiger partial charge < -0.3 is 4.74 Å². The summed E-state index contributed by atoms with van der Waals surface area (Å²) in [5, 5.41) is 18.3. The lowest BCUT2D eigenvalue weighted by Gasteiger charge is -2.45. The molecular weight excluding hydrogens is 366 g/mol. The van der Waals surface area contributed by atoms with E-state index in [4.69, 9.17) is 4.74 Å². The zero-order valence-corrected chi connectivity index (χ0v) is 16.4. The smallest absolute Gasteiger partial charge is 0.137 e. The summed E-state index contributed by atoms with van der Waals surface area (Å²) in [5.41, 5.74) is 4.65. The Balaban J connectivity index is 1.58. The van der Waals surface area contributed by atoms with Crippen LogP contribution in [-0.2, 0) is 17.3 Å². The van der Waals surface area contributed by atoms with Gasteiger partial charge in [0.05, 0.1) is 42.2 Å². The third-order valence-electron chi connectivity index (χ3n) is 5.86. The van der Waals surface area contributed by atoms with Crippen molar-refractivity contribution in [3.63, 3.8) is 0 Å². The van der Waals surface area contributed by atoms with E-state index >= 15 is 0 Å². The van der Waals surface area contributed by atoms with Gasteiger partial charge >= 0.3 is 0 Å². The highest BCUT2D eigenvalue weighted by Crippen LogP contribution is 2.43. The molecule has 29 heavy (non-hydrogen) atoms. The lowest BCUT2D eigenvalue weighted by Crippen LogP contribution is -2.50. The maximum atomic E-state index is 9.34. The van der Waals surface area contributed by atoms with E-state index in [9.17, 15) is 5.26 Å². The molecule has 0 radical (unpaired) electrons. The summed E-state index contributed by atoms with van der Waals surface area (Å²) < 4.78 is 11.2. The first-order valence-corrected chi connectivity index (χ1v) is 9.53. The van der Waals surface area contributed by atoms with Crippen LogP contribution in [0, 0.1) is 11.3 Å². The van der Waals surface area contributed by atoms with Crippen molar-refractivity contribution in [1.82, 2.24) is 28.9 Å². The second-order valence-electron chi connectivity index (χ2n) is 7.69. The van der Waals surface area contributed by atoms with E-state index in [1.807, 2.05) is 42.7 Å². The Morgan fingerprint density at radius 2 is 2.00 bits per heavy atom. The summed E-state index contributed by atoms with van der Waals surface area (Å²) in [6.45, 7) is 0. The second-order valence-corrected chi connectivity index (χ2v) is 7.69. The van der Waals surface area contributed by atoms with E-state index in [1.165, 1.54) is 0 Å². The first-order chi connectivity index (χ1) is 14.1. The maximum absolute atomic E-state index is 9.34. The second kappa shape index (κ2) is 6.57. The number of imidazole rings is 1. The predicted molar refractivity (Wildman–Crippen MR) is 107 cm³/mol. The van der Waals surface area contributed by atoms with Gasteiger partial charge in [0.1, 0.15) is 5.65 Å². The van der Waals surface area contributed by atoms with Crippen LogP contribution in [0.4, 0.5) is 0 Å². The number of rotatable bonds is 5. The molecule has 146 valence electrons. The average molecular weight is 387 g/mol. The highest BCUT2D eigenvalue weighted by Gasteiger charge is 2.46. The molecule has 0 atom stereocenters. The summed E-state index contributed by atoms with van der Waals surface area (Å²) in [7, 11) is 3.62. The van der Waals surface area contributed by atoms with Crippen LogP contribution < -0.4 is 0 Å². The van der Waals surface area contributed by atoms with Gasteiger partial charge in [-0.1, -0.05) is 0 Å². The van der Waals surface area contributed by atoms with E-state index in [2.05, 4.69) is 37.8 Å². The Bertz CT molecular complexity index is 1220. The maximum Gasteiger partial charge on any atom is 0.137 e. The Hall–Kier alpha value is -3.44. The molecule has 0 bridgehead atoms. The third kappa shape index (κ3) is 2.82. The quantitative estimate of drug-likeness (QED) is 0.525. The monoisotopic (exact) mass is 387 g/mol. The molecule has 0 saturated heterocycles. The molecule has 4 aromatic heterocycles. The van der Waals surface area contributed by atoms with Crippen LogP contribution in [0.5, 0.6) is 0 Å². The Morgan fingerprint density at radius 1 is 1.17 bits per heavy atom. The minimum absolute atomic E-state index is 0.185. The normalized spacial score (nSPS) is 21.2. The molecule has 1 aliphatic rings. The molecular formula is C21H21N7O. The van der Waals surface area contributed by atoms with Crippen molar-refractivity contribution in [3.05, 3.63) is 49.3 Å². The van der Waals surface area contributed by atoms with Crippen LogP contribution in [-0.4, -0.2) is 42.2 Å². The molecule has 0 aromatic carbocycles. The Kier molecular flexibility index (Phi) is 4.00. The van der Waals surface area contributed by atoms with Crippen LogP contribution in [0.2, 0.25) is 0 Å². The summed E-state index contributed by atoms with van der Waals surface area (Å²) in [5.74, 6) is 0. The molecule has 1 fully saturated rings. The average Bonchev–Trinajstić information content (AvgIpc) is 3.43. The number of ether oxygens (including phenoxy) is 1. The van der Waals surface area contributed by atoms with E-state index in [1.54, 1.807) is 18.0 Å². The zero-order chi connectivity index (χ0) is 20.0. The van der Waals surface area contributed by atoms with Gasteiger partial charge in [0.2, 0.25) is 0 Å². The number of aryl methyl sites for hydroxylation is 1. The molecule has 0 spiro atoms. The molecule has 4 aromatic rings. The van der Waals surface area contributed by atoms with Crippen molar-refractivity contribution in [2.45, 2.75) is 30.9 Å². The highest BCUT2D eigenvalue weighted by atomic mass is 16.5. The van der Waals surface area contributed by atoms with Gasteiger partial charge in [-0.05, 0) is 30.5 Å². The summed E-state index contributed by atoms with van der Waals surface area (Å²) in [4.78, 5) is 4.48. The van der Waals surface area contributed by atoms with Crippen molar-refractivity contribution in [1.29, 1.82) is 5.26 Å². The van der Waals surface area contributed by atoms with Crippen LogP contribution in [0.1, 0.15) is 19.3 Å². The minimum atomic E-state index is -0.289. The highest BCUT2D eigenvalue weighted by molar-refractivity contribution is 5.74. The number of fused-ring (bicyclic) bond motifs is 1. The van der Waals surface area contributed by atoms with Crippen LogP contribution in [0.3, 0.4) is 0 Å². The predicted octanol–water partition coefficient (Wildman–Crippen LogP) is 3.02. The van der Waals surface area contributed by atoms with Gasteiger partial charge in [-0.25, -0.2) is 4.98 Å². The molecule has 0 amide bonds. The number of hydrogen-bond donors (Lipinski definition) is 0. The summed E-state index contributed by atoms with van der Waals surface area (Å²) in [6, 6.07) is 6.50. The van der Waals surface area contributed by atoms with Gasteiger partial charge in [-0.3, -0.25) is 13.8 Å². The lowest BCUT2D eigenvalue weighted by molar-refractivity contribution is -0.0542. The van der Waals surface area contributed by atoms with Crippen LogP contribution in [0.15, 0.2) is 49.3 Å². The Labute approximate surface area is 168 Å². The van der Waals surface area contributed by atoms with Crippen molar-refractivity contribution in [2.75, 3.05) is 7.11 Å². The molecule has 0 N–H and O–H groups in total. The molecule has 8 heteroatoms. The number of aromatic nitrogens is 6. The fraction of sp³-hybridized carbons (Fsp3) is 0.333. The van der Waals surface area contributed by atoms with Gasteiger partial charge in [-0.15, -0.1) is 0 Å². The first kappa shape index (κ1) is 17.6. The number of nitrogens with zero attached hydrogens (tertiary/aromatic N) is 7. The molecule has 4 heterocycles. The molecule has 5 rings (SSSR count). The molecule has 0 unspecified atom stereocenters. The standard InChI is InChI=1S/C21H21N7O/c1-26-13-16(11-24-26)15-7-19(27-6-5-23-20(27)8-15)17-12-25-28(14-17)21(3-4-22)9-18(10-21)29-2/h5-8,11-14,18H,3,9-10H2,1-2H3. The SMILES string of the molecule is COC1CC(CC#N)(n2cc(-c3cc(-c4cnn(C)c4)cc4nccn34)cn2)C1. The molecule has 1 aliphatic carbocycles. The fourth-order valence-corrected chi connectivity index (χ4v) is 4.21. The topological polar surface area (TPSA) is 86.0 Å². The van der Waals surface area contributed by atoms with Gasteiger partial charge in [-0.2, -0.15) is 15.5 Å². The summed E-state index contributed by atoms with van der Waals surface area (Å²) in [6.07, 6.45) is 13.7. The number of nitriles is 1. The van der Waals surface area contributed by atoms with Gasteiger partial charge in [0.25, 0.3) is 0 Å². The van der Waals surface area contributed by atoms with Crippen LogP contribution in [0.25, 0.3) is 28.0 Å². The zero-order valence-electron chi connectivity index (χ0n) is 16.4. The largest absolute Gasteiger partial charge is 0.381 e. The molecule has 0 aliphatic heterocycles.